The fraction of sp³-hybridized carbons (Fsp3) is 0.778. The number of hydrogen-bond acceptors (Lipinski definition) is 4. The number of nitrogens with zero attached hydrogens (tertiary/aromatic N) is 1. The second-order valence-corrected chi connectivity index (χ2v) is 4.64. The number of rotatable bonds is 4. The minimum absolute atomic E-state index is 0. The number of nitrogens with one attached hydrogen (secondary N) is 1. The Kier molecular flexibility index (Phi) is 7.53. The first kappa shape index (κ1) is 15.5. The lowest BCUT2D eigenvalue weighted by atomic mass is 10.2. The minimum atomic E-state index is -0.374. The number of primary amides is 1. The maximum absolute atomic E-state index is 11.7. The van der Waals surface area contributed by atoms with E-state index in [1.807, 2.05) is 4.90 Å². The van der Waals surface area contributed by atoms with Gasteiger partial charge in [-0.1, -0.05) is 0 Å². The van der Waals surface area contributed by atoms with Crippen molar-refractivity contribution in [2.75, 3.05) is 31.1 Å². The van der Waals surface area contributed by atoms with Gasteiger partial charge in [0.15, 0.2) is 0 Å². The van der Waals surface area contributed by atoms with Crippen LogP contribution in [0.4, 0.5) is 0 Å². The Hall–Kier alpha value is -0.460. The molecule has 1 aliphatic rings. The number of carbonyl (C=O) groups is 2. The molecule has 1 saturated heterocycles. The summed E-state index contributed by atoms with van der Waals surface area (Å²) in [6.07, 6.45) is 0. The van der Waals surface area contributed by atoms with Crippen LogP contribution >= 0.6 is 24.2 Å². The molecule has 0 bridgehead atoms. The molecular formula is C9H18ClN3O2S. The van der Waals surface area contributed by atoms with Gasteiger partial charge in [0.05, 0.1) is 11.5 Å². The van der Waals surface area contributed by atoms with Gasteiger partial charge in [-0.2, -0.15) is 0 Å². The highest BCUT2D eigenvalue weighted by molar-refractivity contribution is 8.00. The van der Waals surface area contributed by atoms with E-state index >= 15 is 0 Å². The van der Waals surface area contributed by atoms with Gasteiger partial charge in [0, 0.05) is 25.7 Å². The highest BCUT2D eigenvalue weighted by atomic mass is 35.5. The van der Waals surface area contributed by atoms with Crippen molar-refractivity contribution < 1.29 is 9.59 Å². The zero-order valence-corrected chi connectivity index (χ0v) is 10.9. The lowest BCUT2D eigenvalue weighted by Crippen LogP contribution is -2.51. The average molecular weight is 268 g/mol. The molecule has 0 spiro atoms. The third-order valence-electron chi connectivity index (χ3n) is 2.19. The number of hydrogen-bond donors (Lipinski definition) is 2. The van der Waals surface area contributed by atoms with E-state index in [0.717, 1.165) is 19.6 Å². The van der Waals surface area contributed by atoms with E-state index in [-0.39, 0.29) is 30.0 Å². The molecule has 0 aliphatic carbocycles. The zero-order chi connectivity index (χ0) is 11.3. The first-order chi connectivity index (χ1) is 7.09. The summed E-state index contributed by atoms with van der Waals surface area (Å²) < 4.78 is 0. The topological polar surface area (TPSA) is 75.4 Å². The van der Waals surface area contributed by atoms with E-state index in [0.29, 0.717) is 11.8 Å². The van der Waals surface area contributed by atoms with Crippen molar-refractivity contribution in [1.29, 1.82) is 0 Å². The summed E-state index contributed by atoms with van der Waals surface area (Å²) in [6, 6.07) is 0.351. The molecule has 16 heavy (non-hydrogen) atoms. The van der Waals surface area contributed by atoms with E-state index in [1.54, 1.807) is 0 Å². The van der Waals surface area contributed by atoms with Crippen LogP contribution in [0.15, 0.2) is 0 Å². The monoisotopic (exact) mass is 267 g/mol. The SMILES string of the molecule is C[C@H]1CN(C(=O)CSCC(N)=O)CCN1.Cl. The standard InChI is InChI=1S/C9H17N3O2S.ClH/c1-7-4-12(3-2-11-7)9(14)6-15-5-8(10)13;/h7,11H,2-6H2,1H3,(H2,10,13);1H/t7-;/m0./s1. The molecule has 0 aromatic rings. The van der Waals surface area contributed by atoms with Gasteiger partial charge in [-0.25, -0.2) is 0 Å². The maximum atomic E-state index is 11.7. The predicted molar refractivity (Wildman–Crippen MR) is 67.8 cm³/mol. The molecule has 2 amide bonds. The Balaban J connectivity index is 0.00000225. The fourth-order valence-corrected chi connectivity index (χ4v) is 2.15. The molecule has 0 aromatic carbocycles. The van der Waals surface area contributed by atoms with Crippen LogP contribution in [0.1, 0.15) is 6.92 Å². The Morgan fingerprint density at radius 1 is 1.50 bits per heavy atom. The van der Waals surface area contributed by atoms with Crippen LogP contribution < -0.4 is 11.1 Å². The molecule has 0 aromatic heterocycles. The largest absolute Gasteiger partial charge is 0.369 e. The molecule has 0 radical (unpaired) electrons. The van der Waals surface area contributed by atoms with Crippen LogP contribution in [0.25, 0.3) is 0 Å². The second kappa shape index (κ2) is 7.76. The van der Waals surface area contributed by atoms with E-state index in [2.05, 4.69) is 12.2 Å². The van der Waals surface area contributed by atoms with E-state index < -0.39 is 0 Å². The van der Waals surface area contributed by atoms with Crippen LogP contribution in [0.2, 0.25) is 0 Å². The first-order valence-corrected chi connectivity index (χ1v) is 6.12. The van der Waals surface area contributed by atoms with Crippen molar-refractivity contribution in [3.8, 4) is 0 Å². The normalized spacial score (nSPS) is 20.1. The third-order valence-corrected chi connectivity index (χ3v) is 3.13. The van der Waals surface area contributed by atoms with Crippen molar-refractivity contribution in [3.63, 3.8) is 0 Å². The fourth-order valence-electron chi connectivity index (χ4n) is 1.49. The zero-order valence-electron chi connectivity index (χ0n) is 9.27. The maximum Gasteiger partial charge on any atom is 0.232 e. The molecule has 1 heterocycles. The van der Waals surface area contributed by atoms with E-state index in [1.165, 1.54) is 11.8 Å². The Bertz CT molecular complexity index is 253. The predicted octanol–water partition coefficient (Wildman–Crippen LogP) is -0.553. The summed E-state index contributed by atoms with van der Waals surface area (Å²) in [5, 5.41) is 3.27. The molecule has 94 valence electrons. The van der Waals surface area contributed by atoms with Crippen molar-refractivity contribution in [2.24, 2.45) is 5.73 Å². The lowest BCUT2D eigenvalue weighted by molar-refractivity contribution is -0.129. The second-order valence-electron chi connectivity index (χ2n) is 3.65. The van der Waals surface area contributed by atoms with Crippen LogP contribution in [0.3, 0.4) is 0 Å². The van der Waals surface area contributed by atoms with Crippen molar-refractivity contribution >= 4 is 36.0 Å². The van der Waals surface area contributed by atoms with Crippen LogP contribution in [-0.4, -0.2) is 53.9 Å². The molecule has 0 unspecified atom stereocenters. The van der Waals surface area contributed by atoms with Gasteiger partial charge in [-0.15, -0.1) is 24.2 Å². The molecule has 1 aliphatic heterocycles. The summed E-state index contributed by atoms with van der Waals surface area (Å²) in [4.78, 5) is 24.0. The number of thioether (sulfide) groups is 1. The van der Waals surface area contributed by atoms with Gasteiger partial charge in [0.25, 0.3) is 0 Å². The Morgan fingerprint density at radius 2 is 2.19 bits per heavy atom. The van der Waals surface area contributed by atoms with Crippen molar-refractivity contribution in [2.45, 2.75) is 13.0 Å². The van der Waals surface area contributed by atoms with Gasteiger partial charge < -0.3 is 16.0 Å². The van der Waals surface area contributed by atoms with E-state index in [9.17, 15) is 9.59 Å². The van der Waals surface area contributed by atoms with Crippen LogP contribution in [0.5, 0.6) is 0 Å². The molecule has 5 nitrogen and oxygen atoms in total. The van der Waals surface area contributed by atoms with Gasteiger partial charge in [0.1, 0.15) is 0 Å². The summed E-state index contributed by atoms with van der Waals surface area (Å²) in [5.41, 5.74) is 4.98. The summed E-state index contributed by atoms with van der Waals surface area (Å²) >= 11 is 1.28. The van der Waals surface area contributed by atoms with Crippen molar-refractivity contribution in [3.05, 3.63) is 0 Å². The average Bonchev–Trinajstić information content (AvgIpc) is 2.17. The quantitative estimate of drug-likeness (QED) is 0.717. The highest BCUT2D eigenvalue weighted by Crippen LogP contribution is 2.05. The van der Waals surface area contributed by atoms with Gasteiger partial charge in [-0.3, -0.25) is 9.59 Å². The summed E-state index contributed by atoms with van der Waals surface area (Å²) in [5.74, 6) is 0.277. The van der Waals surface area contributed by atoms with Crippen molar-refractivity contribution in [1.82, 2.24) is 10.2 Å². The molecule has 7 heteroatoms. The van der Waals surface area contributed by atoms with E-state index in [4.69, 9.17) is 5.73 Å². The number of carbonyl (C=O) groups excluding carboxylic acids is 2. The van der Waals surface area contributed by atoms with Gasteiger partial charge in [0.2, 0.25) is 11.8 Å². The molecule has 1 fully saturated rings. The molecule has 3 N–H and O–H groups in total. The number of piperazine rings is 1. The molecule has 1 atom stereocenters. The minimum Gasteiger partial charge on any atom is -0.369 e. The highest BCUT2D eigenvalue weighted by Gasteiger charge is 2.19. The van der Waals surface area contributed by atoms with Gasteiger partial charge in [-0.05, 0) is 6.92 Å². The van der Waals surface area contributed by atoms with Crippen LogP contribution in [-0.2, 0) is 9.59 Å². The Morgan fingerprint density at radius 3 is 2.75 bits per heavy atom. The summed E-state index contributed by atoms with van der Waals surface area (Å²) in [6.45, 7) is 4.39. The van der Waals surface area contributed by atoms with Crippen LogP contribution in [0, 0.1) is 0 Å². The molecular weight excluding hydrogens is 250 g/mol. The van der Waals surface area contributed by atoms with Gasteiger partial charge >= 0.3 is 0 Å². The third kappa shape index (κ3) is 5.58. The molecule has 0 saturated carbocycles. The number of amides is 2. The smallest absolute Gasteiger partial charge is 0.232 e. The summed E-state index contributed by atoms with van der Waals surface area (Å²) in [7, 11) is 0. The number of nitrogens with two attached hydrogens (primary N) is 1. The lowest BCUT2D eigenvalue weighted by Gasteiger charge is -2.31. The first-order valence-electron chi connectivity index (χ1n) is 4.97. The Labute approximate surface area is 106 Å². The molecule has 1 rings (SSSR count). The number of halogens is 1.